The highest BCUT2D eigenvalue weighted by Gasteiger charge is 2.06. The standard InChI is InChI=1S/C7H16NOS.C5H13INS.2HI/c1-7(9)10-6-5-8(2,3)4;1-7(2,3)4-5-8-6;;/h5-6H2,1-4H3;4-5H2,1-3H3;2*1H/q2*+1;;/p-2. The zero-order chi connectivity index (χ0) is 14.8. The van der Waals surface area contributed by atoms with Crippen LogP contribution in [0.3, 0.4) is 0 Å². The molecule has 20 heavy (non-hydrogen) atoms. The Kier molecular flexibility index (Phi) is 24.8. The number of halogens is 3. The second-order valence-corrected chi connectivity index (χ2v) is 9.95. The van der Waals surface area contributed by atoms with Crippen molar-refractivity contribution in [1.82, 2.24) is 0 Å². The Labute approximate surface area is 180 Å². The second kappa shape index (κ2) is 16.3. The van der Waals surface area contributed by atoms with Crippen molar-refractivity contribution in [2.75, 3.05) is 66.9 Å². The molecule has 0 N–H and O–H groups in total. The van der Waals surface area contributed by atoms with Gasteiger partial charge >= 0.3 is 0 Å². The largest absolute Gasteiger partial charge is 1.00 e. The molecule has 3 nitrogen and oxygen atoms in total. The lowest BCUT2D eigenvalue weighted by molar-refractivity contribution is -0.867. The summed E-state index contributed by atoms with van der Waals surface area (Å²) >= 11 is 3.74. The van der Waals surface area contributed by atoms with Crippen molar-refractivity contribution in [3.8, 4) is 0 Å². The van der Waals surface area contributed by atoms with Crippen LogP contribution in [0.2, 0.25) is 0 Å². The quantitative estimate of drug-likeness (QED) is 0.220. The first kappa shape index (κ1) is 30.4. The van der Waals surface area contributed by atoms with Gasteiger partial charge < -0.3 is 56.9 Å². The molecular weight excluding hydrogens is 633 g/mol. The fourth-order valence-corrected chi connectivity index (χ4v) is 2.91. The molecule has 0 fully saturated rings. The Hall–Kier alpha value is 2.48. The molecule has 0 spiro atoms. The Morgan fingerprint density at radius 3 is 1.45 bits per heavy atom. The summed E-state index contributed by atoms with van der Waals surface area (Å²) < 4.78 is 2.01. The maximum absolute atomic E-state index is 10.5. The van der Waals surface area contributed by atoms with Crippen molar-refractivity contribution in [1.29, 1.82) is 0 Å². The van der Waals surface area contributed by atoms with Gasteiger partial charge in [-0.05, 0) is 21.2 Å². The highest BCUT2D eigenvalue weighted by Crippen LogP contribution is 2.10. The molecule has 0 rings (SSSR count). The SMILES string of the molecule is CC(=O)SCC[N+](C)(C)C.C[N+](C)(C)CCSI.[I-].[I-]. The maximum Gasteiger partial charge on any atom is 0.186 e. The highest BCUT2D eigenvalue weighted by molar-refractivity contribution is 14.2. The van der Waals surface area contributed by atoms with E-state index in [9.17, 15) is 4.79 Å². The predicted molar refractivity (Wildman–Crippen MR) is 95.4 cm³/mol. The van der Waals surface area contributed by atoms with Crippen LogP contribution in [0.25, 0.3) is 0 Å². The zero-order valence-corrected chi connectivity index (χ0v) is 21.7. The Balaban J connectivity index is -0.000000119. The summed E-state index contributed by atoms with van der Waals surface area (Å²) in [5.74, 6) is 2.18. The van der Waals surface area contributed by atoms with E-state index in [1.165, 1.54) is 24.1 Å². The van der Waals surface area contributed by atoms with Gasteiger partial charge in [-0.25, -0.2) is 0 Å². The minimum absolute atomic E-state index is 0. The molecule has 8 heteroatoms. The third-order valence-electron chi connectivity index (χ3n) is 1.91. The van der Waals surface area contributed by atoms with Crippen LogP contribution in [0.5, 0.6) is 0 Å². The van der Waals surface area contributed by atoms with Crippen LogP contribution in [-0.2, 0) is 4.79 Å². The fourth-order valence-electron chi connectivity index (χ4n) is 0.772. The van der Waals surface area contributed by atoms with Crippen molar-refractivity contribution >= 4 is 47.0 Å². The zero-order valence-electron chi connectivity index (χ0n) is 13.6. The molecule has 0 bridgehead atoms. The van der Waals surface area contributed by atoms with Crippen LogP contribution in [0.1, 0.15) is 6.92 Å². The molecule has 0 saturated carbocycles. The lowest BCUT2D eigenvalue weighted by atomic mass is 10.6. The van der Waals surface area contributed by atoms with Crippen molar-refractivity contribution in [3.05, 3.63) is 0 Å². The van der Waals surface area contributed by atoms with E-state index in [0.717, 1.165) is 21.3 Å². The molecule has 0 aliphatic carbocycles. The van der Waals surface area contributed by atoms with E-state index >= 15 is 0 Å². The number of carbonyl (C=O) groups excluding carboxylic acids is 1. The number of rotatable bonds is 6. The summed E-state index contributed by atoms with van der Waals surface area (Å²) in [4.78, 5) is 10.5. The summed E-state index contributed by atoms with van der Waals surface area (Å²) in [6, 6.07) is 0. The van der Waals surface area contributed by atoms with Crippen LogP contribution < -0.4 is 48.0 Å². The fraction of sp³-hybridized carbons (Fsp3) is 0.917. The summed E-state index contributed by atoms with van der Waals surface area (Å²) in [7, 11) is 14.9. The Bertz CT molecular complexity index is 232. The van der Waals surface area contributed by atoms with E-state index in [4.69, 9.17) is 0 Å². The molecule has 0 atom stereocenters. The first-order valence-corrected chi connectivity index (χ1v) is 10.5. The molecular formula is C12H29I3N2OS2. The predicted octanol–water partition coefficient (Wildman–Crippen LogP) is -3.24. The van der Waals surface area contributed by atoms with Gasteiger partial charge in [-0.2, -0.15) is 0 Å². The van der Waals surface area contributed by atoms with Crippen molar-refractivity contribution in [2.45, 2.75) is 6.92 Å². The van der Waals surface area contributed by atoms with Gasteiger partial charge in [0.1, 0.15) is 0 Å². The molecule has 0 unspecified atom stereocenters. The van der Waals surface area contributed by atoms with Crippen molar-refractivity contribution in [3.63, 3.8) is 0 Å². The molecule has 0 aliphatic heterocycles. The summed E-state index contributed by atoms with van der Waals surface area (Å²) in [5, 5.41) is 0.216. The summed E-state index contributed by atoms with van der Waals surface area (Å²) in [5.41, 5.74) is 0. The molecule has 0 aromatic carbocycles. The van der Waals surface area contributed by atoms with E-state index in [0.29, 0.717) is 0 Å². The summed E-state index contributed by atoms with van der Waals surface area (Å²) in [6.07, 6.45) is 0. The minimum Gasteiger partial charge on any atom is -1.00 e. The molecule has 0 heterocycles. The summed E-state index contributed by atoms with van der Waals surface area (Å²) in [6.45, 7) is 3.91. The highest BCUT2D eigenvalue weighted by atomic mass is 127. The lowest BCUT2D eigenvalue weighted by Gasteiger charge is -2.22. The van der Waals surface area contributed by atoms with Gasteiger partial charge in [0.05, 0.1) is 66.9 Å². The third-order valence-corrected chi connectivity index (χ3v) is 4.36. The van der Waals surface area contributed by atoms with E-state index in [1.807, 2.05) is 8.93 Å². The molecule has 0 aliphatic rings. The normalized spacial score (nSPS) is 10.6. The molecule has 126 valence electrons. The van der Waals surface area contributed by atoms with Crippen LogP contribution in [0, 0.1) is 0 Å². The average Bonchev–Trinajstić information content (AvgIpc) is 2.11. The number of carbonyl (C=O) groups is 1. The minimum atomic E-state index is 0. The average molecular weight is 662 g/mol. The Morgan fingerprint density at radius 2 is 1.25 bits per heavy atom. The molecule has 0 aromatic rings. The van der Waals surface area contributed by atoms with Crippen molar-refractivity contribution < 1.29 is 61.7 Å². The van der Waals surface area contributed by atoms with Gasteiger partial charge in [0.2, 0.25) is 0 Å². The number of quaternary nitrogens is 2. The van der Waals surface area contributed by atoms with Gasteiger partial charge in [-0.1, -0.05) is 20.7 Å². The van der Waals surface area contributed by atoms with Gasteiger partial charge in [0, 0.05) is 6.92 Å². The first-order valence-electron chi connectivity index (χ1n) is 5.96. The first-order chi connectivity index (χ1) is 7.98. The smallest absolute Gasteiger partial charge is 0.186 e. The van der Waals surface area contributed by atoms with Gasteiger partial charge in [-0.15, -0.1) is 0 Å². The monoisotopic (exact) mass is 662 g/mol. The Morgan fingerprint density at radius 1 is 0.900 bits per heavy atom. The van der Waals surface area contributed by atoms with Gasteiger partial charge in [0.15, 0.2) is 5.12 Å². The number of hydrogen-bond acceptors (Lipinski definition) is 3. The van der Waals surface area contributed by atoms with Crippen LogP contribution in [-0.4, -0.2) is 81.0 Å². The molecule has 0 amide bonds. The molecule has 0 aromatic heterocycles. The van der Waals surface area contributed by atoms with Crippen LogP contribution in [0.4, 0.5) is 0 Å². The van der Waals surface area contributed by atoms with E-state index in [1.54, 1.807) is 6.92 Å². The van der Waals surface area contributed by atoms with E-state index < -0.39 is 0 Å². The van der Waals surface area contributed by atoms with E-state index in [2.05, 4.69) is 63.5 Å². The molecule has 0 saturated heterocycles. The maximum atomic E-state index is 10.5. The van der Waals surface area contributed by atoms with E-state index in [-0.39, 0.29) is 53.1 Å². The van der Waals surface area contributed by atoms with Crippen LogP contribution in [0.15, 0.2) is 0 Å². The van der Waals surface area contributed by atoms with Gasteiger partial charge in [0.25, 0.3) is 0 Å². The number of hydrogen-bond donors (Lipinski definition) is 0. The lowest BCUT2D eigenvalue weighted by Crippen LogP contribution is -3.00. The van der Waals surface area contributed by atoms with Gasteiger partial charge in [-0.3, -0.25) is 4.79 Å². The third kappa shape index (κ3) is 37.1. The second-order valence-electron chi connectivity index (χ2n) is 6.18. The van der Waals surface area contributed by atoms with Crippen LogP contribution >= 0.6 is 41.9 Å². The topological polar surface area (TPSA) is 17.1 Å². The van der Waals surface area contributed by atoms with Crippen molar-refractivity contribution in [2.24, 2.45) is 0 Å². The number of nitrogens with zero attached hydrogens (tertiary/aromatic N) is 2. The number of thioether (sulfide) groups is 1. The molecule has 0 radical (unpaired) electrons.